The van der Waals surface area contributed by atoms with Gasteiger partial charge in [0, 0.05) is 30.8 Å². The summed E-state index contributed by atoms with van der Waals surface area (Å²) in [6.07, 6.45) is 0.473. The number of rotatable bonds is 4. The summed E-state index contributed by atoms with van der Waals surface area (Å²) in [6.45, 7) is 3.54. The molecule has 0 aliphatic carbocycles. The second kappa shape index (κ2) is 7.89. The molecule has 0 radical (unpaired) electrons. The van der Waals surface area contributed by atoms with Crippen molar-refractivity contribution in [3.8, 4) is 0 Å². The summed E-state index contributed by atoms with van der Waals surface area (Å²) >= 11 is 0. The summed E-state index contributed by atoms with van der Waals surface area (Å²) in [6, 6.07) is 31.2. The first-order chi connectivity index (χ1) is 16.2. The van der Waals surface area contributed by atoms with Gasteiger partial charge in [0.25, 0.3) is 0 Å². The molecule has 4 aromatic carbocycles. The van der Waals surface area contributed by atoms with E-state index in [1.165, 1.54) is 11.1 Å². The first-order valence-corrected chi connectivity index (χ1v) is 11.5. The largest absolute Gasteiger partial charge is 0.323 e. The Hall–Kier alpha value is -3.92. The second-order valence-corrected chi connectivity index (χ2v) is 8.88. The van der Waals surface area contributed by atoms with Crippen LogP contribution in [0.2, 0.25) is 0 Å². The van der Waals surface area contributed by atoms with Crippen LogP contribution in [0.15, 0.2) is 91.0 Å². The minimum absolute atomic E-state index is 0.0490. The average Bonchev–Trinajstić information content (AvgIpc) is 3.40. The van der Waals surface area contributed by atoms with Crippen LogP contribution in [0.1, 0.15) is 29.3 Å². The Kier molecular flexibility index (Phi) is 4.72. The third-order valence-corrected chi connectivity index (χ3v) is 6.82. The third-order valence-electron chi connectivity index (χ3n) is 6.82. The van der Waals surface area contributed by atoms with Crippen LogP contribution in [0.5, 0.6) is 0 Å². The molecule has 33 heavy (non-hydrogen) atoms. The van der Waals surface area contributed by atoms with E-state index < -0.39 is 0 Å². The molecule has 1 aliphatic rings. The van der Waals surface area contributed by atoms with Crippen molar-refractivity contribution < 1.29 is 4.79 Å². The highest BCUT2D eigenvalue weighted by Crippen LogP contribution is 2.36. The number of nitrogens with zero attached hydrogens (tertiary/aromatic N) is 3. The zero-order valence-corrected chi connectivity index (χ0v) is 18.6. The van der Waals surface area contributed by atoms with Gasteiger partial charge in [-0.15, -0.1) is 0 Å². The molecule has 1 amide bonds. The van der Waals surface area contributed by atoms with Crippen molar-refractivity contribution in [3.63, 3.8) is 0 Å². The van der Waals surface area contributed by atoms with Gasteiger partial charge in [-0.1, -0.05) is 72.8 Å². The van der Waals surface area contributed by atoms with Crippen LogP contribution in [0.4, 0.5) is 5.69 Å². The fraction of sp³-hybridized carbons (Fsp3) is 0.172. The van der Waals surface area contributed by atoms with E-state index in [9.17, 15) is 4.79 Å². The average molecular weight is 432 g/mol. The maximum Gasteiger partial charge on any atom is 0.227 e. The first kappa shape index (κ1) is 19.7. The Bertz CT molecular complexity index is 1490. The van der Waals surface area contributed by atoms with E-state index in [0.29, 0.717) is 13.0 Å². The predicted octanol–water partition coefficient (Wildman–Crippen LogP) is 6.07. The van der Waals surface area contributed by atoms with Crippen molar-refractivity contribution >= 4 is 33.4 Å². The lowest BCUT2D eigenvalue weighted by Gasteiger charge is -2.19. The van der Waals surface area contributed by atoms with Crippen LogP contribution in [0, 0.1) is 6.92 Å². The number of aryl methyl sites for hydroxylation is 1. The van der Waals surface area contributed by atoms with Gasteiger partial charge in [-0.05, 0) is 41.6 Å². The van der Waals surface area contributed by atoms with E-state index in [1.807, 2.05) is 29.2 Å². The van der Waals surface area contributed by atoms with Gasteiger partial charge in [0.05, 0.1) is 16.7 Å². The van der Waals surface area contributed by atoms with Crippen LogP contribution in [-0.4, -0.2) is 22.0 Å². The number of aromatic nitrogens is 2. The molecule has 0 N–H and O–H groups in total. The number of fused-ring (bicyclic) bond motifs is 2. The summed E-state index contributed by atoms with van der Waals surface area (Å²) in [5.41, 5.74) is 5.63. The van der Waals surface area contributed by atoms with E-state index in [-0.39, 0.29) is 11.8 Å². The molecule has 4 heteroatoms. The number of imidazole rings is 1. The fourth-order valence-electron chi connectivity index (χ4n) is 5.09. The molecule has 0 bridgehead atoms. The zero-order chi connectivity index (χ0) is 22.4. The van der Waals surface area contributed by atoms with Gasteiger partial charge in [0.2, 0.25) is 5.91 Å². The Labute approximate surface area is 193 Å². The van der Waals surface area contributed by atoms with Crippen molar-refractivity contribution in [1.82, 2.24) is 9.55 Å². The van der Waals surface area contributed by atoms with E-state index in [2.05, 4.69) is 78.2 Å². The number of para-hydroxylation sites is 2. The molecule has 6 rings (SSSR count). The number of anilines is 1. The lowest BCUT2D eigenvalue weighted by molar-refractivity contribution is -0.117. The summed E-state index contributed by atoms with van der Waals surface area (Å²) < 4.78 is 2.31. The molecule has 5 aromatic rings. The molecular formula is C29H25N3O. The van der Waals surface area contributed by atoms with Crippen molar-refractivity contribution in [2.24, 2.45) is 0 Å². The topological polar surface area (TPSA) is 38.1 Å². The minimum atomic E-state index is 0.0490. The lowest BCUT2D eigenvalue weighted by Crippen LogP contribution is -2.24. The third kappa shape index (κ3) is 3.39. The van der Waals surface area contributed by atoms with Crippen molar-refractivity contribution in [3.05, 3.63) is 108 Å². The van der Waals surface area contributed by atoms with Crippen molar-refractivity contribution in [2.75, 3.05) is 11.4 Å². The number of carbonyl (C=O) groups is 1. The molecule has 2 heterocycles. The normalized spacial score (nSPS) is 16.2. The molecule has 1 aromatic heterocycles. The lowest BCUT2D eigenvalue weighted by atomic mass is 10.1. The summed E-state index contributed by atoms with van der Waals surface area (Å²) in [5.74, 6) is 1.20. The van der Waals surface area contributed by atoms with E-state index >= 15 is 0 Å². The van der Waals surface area contributed by atoms with E-state index in [0.717, 1.165) is 39.9 Å². The quantitative estimate of drug-likeness (QED) is 0.347. The van der Waals surface area contributed by atoms with E-state index in [1.54, 1.807) is 0 Å². The van der Waals surface area contributed by atoms with Crippen LogP contribution in [0.25, 0.3) is 21.8 Å². The maximum atomic E-state index is 13.2. The van der Waals surface area contributed by atoms with Gasteiger partial charge in [-0.2, -0.15) is 0 Å². The molecule has 1 aliphatic heterocycles. The van der Waals surface area contributed by atoms with Gasteiger partial charge in [0.15, 0.2) is 0 Å². The Morgan fingerprint density at radius 3 is 2.55 bits per heavy atom. The van der Waals surface area contributed by atoms with Crippen LogP contribution in [-0.2, 0) is 11.3 Å². The molecule has 1 atom stereocenters. The molecular weight excluding hydrogens is 406 g/mol. The molecule has 0 spiro atoms. The summed E-state index contributed by atoms with van der Waals surface area (Å²) in [7, 11) is 0. The number of benzene rings is 4. The van der Waals surface area contributed by atoms with Gasteiger partial charge >= 0.3 is 0 Å². The smallest absolute Gasteiger partial charge is 0.227 e. The highest BCUT2D eigenvalue weighted by molar-refractivity contribution is 6.05. The Morgan fingerprint density at radius 2 is 1.64 bits per heavy atom. The Morgan fingerprint density at radius 1 is 0.879 bits per heavy atom. The van der Waals surface area contributed by atoms with Crippen LogP contribution in [0.3, 0.4) is 0 Å². The van der Waals surface area contributed by atoms with Gasteiger partial charge < -0.3 is 9.47 Å². The van der Waals surface area contributed by atoms with Crippen LogP contribution < -0.4 is 4.90 Å². The molecule has 4 nitrogen and oxygen atoms in total. The second-order valence-electron chi connectivity index (χ2n) is 8.88. The SMILES string of the molecule is Cc1ccccc1Cn1c(C2CC(=O)N(c3cccc4ccccc34)C2)nc2ccccc21. The standard InChI is InChI=1S/C29H25N3O/c1-20-9-2-3-11-22(20)18-32-27-15-7-6-14-25(27)30-29(32)23-17-28(33)31(19-23)26-16-8-12-21-10-4-5-13-24(21)26/h2-16,23H,17-19H2,1H3. The molecule has 1 fully saturated rings. The molecule has 0 saturated carbocycles. The monoisotopic (exact) mass is 431 g/mol. The number of hydrogen-bond donors (Lipinski definition) is 0. The number of hydrogen-bond acceptors (Lipinski definition) is 2. The number of carbonyl (C=O) groups excluding carboxylic acids is 1. The van der Waals surface area contributed by atoms with Gasteiger partial charge in [-0.25, -0.2) is 4.98 Å². The summed E-state index contributed by atoms with van der Waals surface area (Å²) in [5, 5.41) is 2.26. The van der Waals surface area contributed by atoms with Crippen molar-refractivity contribution in [2.45, 2.75) is 25.8 Å². The van der Waals surface area contributed by atoms with E-state index in [4.69, 9.17) is 4.98 Å². The van der Waals surface area contributed by atoms with Crippen LogP contribution >= 0.6 is 0 Å². The Balaban J connectivity index is 1.41. The molecule has 1 unspecified atom stereocenters. The summed E-state index contributed by atoms with van der Waals surface area (Å²) in [4.78, 5) is 20.2. The molecule has 1 saturated heterocycles. The zero-order valence-electron chi connectivity index (χ0n) is 18.6. The number of amides is 1. The maximum absolute atomic E-state index is 13.2. The molecule has 162 valence electrons. The fourth-order valence-corrected chi connectivity index (χ4v) is 5.09. The highest BCUT2D eigenvalue weighted by Gasteiger charge is 2.35. The van der Waals surface area contributed by atoms with Gasteiger partial charge in [-0.3, -0.25) is 4.79 Å². The minimum Gasteiger partial charge on any atom is -0.323 e. The first-order valence-electron chi connectivity index (χ1n) is 11.5. The van der Waals surface area contributed by atoms with Gasteiger partial charge in [0.1, 0.15) is 5.82 Å². The van der Waals surface area contributed by atoms with Crippen molar-refractivity contribution in [1.29, 1.82) is 0 Å². The highest BCUT2D eigenvalue weighted by atomic mass is 16.2. The predicted molar refractivity (Wildman–Crippen MR) is 134 cm³/mol.